The Bertz CT molecular complexity index is 989. The largest absolute Gasteiger partial charge is 0.356 e. The number of piperazine rings is 1. The summed E-state index contributed by atoms with van der Waals surface area (Å²) in [6, 6.07) is 17.8. The Kier molecular flexibility index (Phi) is 8.27. The summed E-state index contributed by atoms with van der Waals surface area (Å²) in [5.74, 6) is -0.570. The third-order valence-corrected chi connectivity index (χ3v) is 6.32. The number of hydrogen-bond donors (Lipinski definition) is 2. The number of amides is 3. The normalized spacial score (nSPS) is 16.6. The molecule has 2 heterocycles. The molecule has 0 aromatic heterocycles. The van der Waals surface area contributed by atoms with Crippen molar-refractivity contribution in [1.82, 2.24) is 15.1 Å². The Balaban J connectivity index is 1.10. The second-order valence-corrected chi connectivity index (χ2v) is 8.85. The van der Waals surface area contributed by atoms with Crippen LogP contribution in [0.1, 0.15) is 24.8 Å². The van der Waals surface area contributed by atoms with Crippen molar-refractivity contribution in [3.63, 3.8) is 0 Å². The highest BCUT2D eigenvalue weighted by molar-refractivity contribution is 6.10. The topological polar surface area (TPSA) is 85.0 Å². The van der Waals surface area contributed by atoms with E-state index in [2.05, 4.69) is 44.7 Å². The van der Waals surface area contributed by atoms with Gasteiger partial charge in [0.25, 0.3) is 0 Å². The van der Waals surface area contributed by atoms with E-state index in [1.54, 1.807) is 12.1 Å². The van der Waals surface area contributed by atoms with Crippen molar-refractivity contribution in [2.24, 2.45) is 0 Å². The fraction of sp³-hybridized carbons (Fsp3) is 0.423. The van der Waals surface area contributed by atoms with Gasteiger partial charge in [-0.25, -0.2) is 0 Å². The minimum Gasteiger partial charge on any atom is -0.356 e. The van der Waals surface area contributed by atoms with Crippen LogP contribution in [0, 0.1) is 0 Å². The predicted molar refractivity (Wildman–Crippen MR) is 132 cm³/mol. The number of nitrogens with one attached hydrogen (secondary N) is 2. The lowest BCUT2D eigenvalue weighted by molar-refractivity contribution is -0.125. The fourth-order valence-electron chi connectivity index (χ4n) is 4.44. The number of rotatable bonds is 9. The summed E-state index contributed by atoms with van der Waals surface area (Å²) in [7, 11) is 0. The van der Waals surface area contributed by atoms with Crippen LogP contribution in [0.25, 0.3) is 0 Å². The maximum atomic E-state index is 12.6. The van der Waals surface area contributed by atoms with Crippen LogP contribution in [-0.4, -0.2) is 73.3 Å². The van der Waals surface area contributed by atoms with Crippen LogP contribution >= 0.6 is 0 Å². The Labute approximate surface area is 200 Å². The molecule has 8 nitrogen and oxygen atoms in total. The molecule has 2 aliphatic rings. The summed E-state index contributed by atoms with van der Waals surface area (Å²) in [6.07, 6.45) is 1.09. The molecule has 1 saturated heterocycles. The second-order valence-electron chi connectivity index (χ2n) is 8.85. The van der Waals surface area contributed by atoms with Crippen LogP contribution in [-0.2, 0) is 20.9 Å². The molecule has 0 spiro atoms. The van der Waals surface area contributed by atoms with Crippen LogP contribution in [0.4, 0.5) is 11.4 Å². The van der Waals surface area contributed by atoms with Gasteiger partial charge in [-0.3, -0.25) is 19.3 Å². The maximum absolute atomic E-state index is 12.6. The van der Waals surface area contributed by atoms with Crippen molar-refractivity contribution in [1.29, 1.82) is 0 Å². The highest BCUT2D eigenvalue weighted by Crippen LogP contribution is 2.29. The zero-order chi connectivity index (χ0) is 23.8. The lowest BCUT2D eigenvalue weighted by Gasteiger charge is -2.34. The number of hydrogen-bond acceptors (Lipinski definition) is 5. The molecular formula is C26H33N5O3. The molecule has 4 rings (SSSR count). The van der Waals surface area contributed by atoms with Crippen molar-refractivity contribution >= 4 is 29.1 Å². The Morgan fingerprint density at radius 1 is 0.882 bits per heavy atom. The van der Waals surface area contributed by atoms with Crippen molar-refractivity contribution in [3.8, 4) is 0 Å². The number of benzene rings is 2. The molecule has 0 atom stereocenters. The SMILES string of the molecule is O=C(CCC(=O)N1CC(=O)Nc2ccccc21)NCCCN1CCN(Cc2ccccc2)CC1. The van der Waals surface area contributed by atoms with E-state index in [-0.39, 0.29) is 37.1 Å². The van der Waals surface area contributed by atoms with Gasteiger partial charge >= 0.3 is 0 Å². The van der Waals surface area contributed by atoms with E-state index >= 15 is 0 Å². The van der Waals surface area contributed by atoms with Gasteiger partial charge in [0.15, 0.2) is 0 Å². The zero-order valence-corrected chi connectivity index (χ0v) is 19.5. The summed E-state index contributed by atoms with van der Waals surface area (Å²) in [6.45, 7) is 6.74. The molecule has 1 fully saturated rings. The van der Waals surface area contributed by atoms with E-state index in [1.165, 1.54) is 10.5 Å². The fourth-order valence-corrected chi connectivity index (χ4v) is 4.44. The van der Waals surface area contributed by atoms with Crippen molar-refractivity contribution in [3.05, 3.63) is 60.2 Å². The number of nitrogens with zero attached hydrogens (tertiary/aromatic N) is 3. The predicted octanol–water partition coefficient (Wildman–Crippen LogP) is 2.08. The summed E-state index contributed by atoms with van der Waals surface area (Å²) >= 11 is 0. The Hall–Kier alpha value is -3.23. The molecule has 2 aromatic rings. The van der Waals surface area contributed by atoms with Crippen LogP contribution in [0.5, 0.6) is 0 Å². The van der Waals surface area contributed by atoms with Crippen molar-refractivity contribution in [2.75, 3.05) is 56.0 Å². The molecule has 180 valence electrons. The highest BCUT2D eigenvalue weighted by Gasteiger charge is 2.26. The Morgan fingerprint density at radius 3 is 2.38 bits per heavy atom. The van der Waals surface area contributed by atoms with Gasteiger partial charge in [0.1, 0.15) is 6.54 Å². The summed E-state index contributed by atoms with van der Waals surface area (Å²) in [5, 5.41) is 5.69. The smallest absolute Gasteiger partial charge is 0.244 e. The standard InChI is InChI=1S/C26H33N5O3/c32-24(11-12-26(34)31-20-25(33)28-22-9-4-5-10-23(22)31)27-13-6-14-29-15-17-30(18-16-29)19-21-7-2-1-3-8-21/h1-5,7-10H,6,11-20H2,(H,27,32)(H,28,33). The molecule has 0 saturated carbocycles. The molecule has 0 radical (unpaired) electrons. The van der Waals surface area contributed by atoms with Gasteiger partial charge in [-0.1, -0.05) is 42.5 Å². The third-order valence-electron chi connectivity index (χ3n) is 6.32. The molecular weight excluding hydrogens is 430 g/mol. The van der Waals surface area contributed by atoms with Gasteiger partial charge in [0.2, 0.25) is 17.7 Å². The number of para-hydroxylation sites is 2. The van der Waals surface area contributed by atoms with Gasteiger partial charge in [-0.2, -0.15) is 0 Å². The molecule has 34 heavy (non-hydrogen) atoms. The van der Waals surface area contributed by atoms with E-state index in [4.69, 9.17) is 0 Å². The van der Waals surface area contributed by atoms with Crippen LogP contribution < -0.4 is 15.5 Å². The molecule has 0 unspecified atom stereocenters. The van der Waals surface area contributed by atoms with Gasteiger partial charge in [-0.15, -0.1) is 0 Å². The van der Waals surface area contributed by atoms with Gasteiger partial charge in [0, 0.05) is 52.1 Å². The van der Waals surface area contributed by atoms with E-state index in [1.807, 2.05) is 18.2 Å². The second kappa shape index (κ2) is 11.8. The molecule has 8 heteroatoms. The lowest BCUT2D eigenvalue weighted by Crippen LogP contribution is -2.46. The van der Waals surface area contributed by atoms with Crippen LogP contribution in [0.3, 0.4) is 0 Å². The summed E-state index contributed by atoms with van der Waals surface area (Å²) in [5.41, 5.74) is 2.65. The third kappa shape index (κ3) is 6.65. The molecule has 2 aromatic carbocycles. The molecule has 3 amide bonds. The first-order chi connectivity index (χ1) is 16.6. The van der Waals surface area contributed by atoms with Crippen LogP contribution in [0.2, 0.25) is 0 Å². The molecule has 0 bridgehead atoms. The lowest BCUT2D eigenvalue weighted by atomic mass is 10.1. The highest BCUT2D eigenvalue weighted by atomic mass is 16.2. The summed E-state index contributed by atoms with van der Waals surface area (Å²) in [4.78, 5) is 43.1. The Morgan fingerprint density at radius 2 is 1.59 bits per heavy atom. The number of anilines is 2. The van der Waals surface area contributed by atoms with E-state index < -0.39 is 0 Å². The van der Waals surface area contributed by atoms with Crippen molar-refractivity contribution < 1.29 is 14.4 Å². The first-order valence-corrected chi connectivity index (χ1v) is 12.0. The first-order valence-electron chi connectivity index (χ1n) is 12.0. The number of carbonyl (C=O) groups is 3. The minimum atomic E-state index is -0.225. The average Bonchev–Trinajstić information content (AvgIpc) is 2.86. The van der Waals surface area contributed by atoms with Crippen molar-refractivity contribution in [2.45, 2.75) is 25.8 Å². The van der Waals surface area contributed by atoms with E-state index in [9.17, 15) is 14.4 Å². The van der Waals surface area contributed by atoms with Gasteiger partial charge in [-0.05, 0) is 30.7 Å². The van der Waals surface area contributed by atoms with E-state index in [0.29, 0.717) is 17.9 Å². The summed E-state index contributed by atoms with van der Waals surface area (Å²) < 4.78 is 0. The zero-order valence-electron chi connectivity index (χ0n) is 19.5. The first kappa shape index (κ1) is 23.9. The van der Waals surface area contributed by atoms with Crippen LogP contribution in [0.15, 0.2) is 54.6 Å². The van der Waals surface area contributed by atoms with Gasteiger partial charge in [0.05, 0.1) is 11.4 Å². The molecule has 0 aliphatic carbocycles. The molecule has 2 N–H and O–H groups in total. The van der Waals surface area contributed by atoms with E-state index in [0.717, 1.165) is 45.7 Å². The minimum absolute atomic E-state index is 0.0178. The number of fused-ring (bicyclic) bond motifs is 1. The molecule has 2 aliphatic heterocycles. The number of carbonyl (C=O) groups excluding carboxylic acids is 3. The monoisotopic (exact) mass is 463 g/mol. The van der Waals surface area contributed by atoms with Gasteiger partial charge < -0.3 is 20.4 Å². The quantitative estimate of drug-likeness (QED) is 0.557. The average molecular weight is 464 g/mol. The maximum Gasteiger partial charge on any atom is 0.244 e.